The molecule has 0 saturated heterocycles. The number of nitrogens with one attached hydrogen (secondary N) is 2. The van der Waals surface area contributed by atoms with Crippen LogP contribution in [0.4, 0.5) is 0 Å². The van der Waals surface area contributed by atoms with Gasteiger partial charge in [0.1, 0.15) is 0 Å². The number of hydrogen-bond acceptors (Lipinski definition) is 4. The Labute approximate surface area is 164 Å². The number of amides is 1. The Morgan fingerprint density at radius 1 is 1.23 bits per heavy atom. The second kappa shape index (κ2) is 8.03. The van der Waals surface area contributed by atoms with Gasteiger partial charge in [0.05, 0.1) is 11.3 Å². The molecule has 1 amide bonds. The number of fused-ring (bicyclic) bond motifs is 2. The van der Waals surface area contributed by atoms with Crippen LogP contribution in [0, 0.1) is 6.92 Å². The lowest BCUT2D eigenvalue weighted by Crippen LogP contribution is -2.23. The lowest BCUT2D eigenvalue weighted by molar-refractivity contribution is 0.0950. The van der Waals surface area contributed by atoms with Gasteiger partial charge in [-0.3, -0.25) is 9.48 Å². The summed E-state index contributed by atoms with van der Waals surface area (Å²) in [6.45, 7) is 4.26. The van der Waals surface area contributed by atoms with Crippen molar-refractivity contribution >= 4 is 41.8 Å². The minimum atomic E-state index is -0.119. The zero-order valence-corrected chi connectivity index (χ0v) is 16.2. The van der Waals surface area contributed by atoms with Crippen molar-refractivity contribution in [2.24, 2.45) is 7.05 Å². The molecular formula is C18H21Cl2N5O. The summed E-state index contributed by atoms with van der Waals surface area (Å²) < 4.78 is 1.73. The van der Waals surface area contributed by atoms with Crippen molar-refractivity contribution in [3.05, 3.63) is 58.4 Å². The Balaban J connectivity index is 0.00000121. The average molecular weight is 394 g/mol. The maximum Gasteiger partial charge on any atom is 0.253 e. The first kappa shape index (κ1) is 20.2. The number of hydrogen-bond donors (Lipinski definition) is 2. The fourth-order valence-corrected chi connectivity index (χ4v) is 3.17. The van der Waals surface area contributed by atoms with E-state index in [0.717, 1.165) is 35.4 Å². The maximum absolute atomic E-state index is 12.4. The van der Waals surface area contributed by atoms with Crippen molar-refractivity contribution in [2.75, 3.05) is 0 Å². The molecule has 138 valence electrons. The first-order chi connectivity index (χ1) is 11.6. The molecule has 2 N–H and O–H groups in total. The Morgan fingerprint density at radius 2 is 2.00 bits per heavy atom. The Morgan fingerprint density at radius 3 is 2.81 bits per heavy atom. The van der Waals surface area contributed by atoms with E-state index in [2.05, 4.69) is 38.9 Å². The number of carbonyl (C=O) groups is 1. The lowest BCUT2D eigenvalue weighted by atomic mass is 10.1. The summed E-state index contributed by atoms with van der Waals surface area (Å²) in [5.41, 5.74) is 5.98. The first-order valence-electron chi connectivity index (χ1n) is 8.01. The van der Waals surface area contributed by atoms with Crippen LogP contribution in [0.15, 0.2) is 30.5 Å². The molecule has 1 aliphatic rings. The summed E-state index contributed by atoms with van der Waals surface area (Å²) in [5.74, 6) is -0.119. The largest absolute Gasteiger partial charge is 0.348 e. The Bertz CT molecular complexity index is 954. The molecule has 0 aliphatic carbocycles. The van der Waals surface area contributed by atoms with Gasteiger partial charge in [-0.05, 0) is 29.7 Å². The van der Waals surface area contributed by atoms with Crippen LogP contribution in [0.5, 0.6) is 0 Å². The molecule has 4 rings (SSSR count). The van der Waals surface area contributed by atoms with Gasteiger partial charge in [-0.1, -0.05) is 18.2 Å². The van der Waals surface area contributed by atoms with Gasteiger partial charge in [0, 0.05) is 38.3 Å². The molecule has 0 radical (unpaired) electrons. The summed E-state index contributed by atoms with van der Waals surface area (Å²) >= 11 is 0. The van der Waals surface area contributed by atoms with Crippen LogP contribution < -0.4 is 10.6 Å². The molecule has 3 aromatic rings. The molecule has 0 unspecified atom stereocenters. The van der Waals surface area contributed by atoms with Gasteiger partial charge in [0.2, 0.25) is 0 Å². The van der Waals surface area contributed by atoms with E-state index < -0.39 is 0 Å². The third kappa shape index (κ3) is 3.67. The molecule has 0 bridgehead atoms. The minimum absolute atomic E-state index is 0. The smallest absolute Gasteiger partial charge is 0.253 e. The van der Waals surface area contributed by atoms with Gasteiger partial charge >= 0.3 is 0 Å². The Hall–Kier alpha value is -2.15. The van der Waals surface area contributed by atoms with Gasteiger partial charge in [-0.25, -0.2) is 4.98 Å². The topological polar surface area (TPSA) is 71.8 Å². The molecular weight excluding hydrogens is 373 g/mol. The highest BCUT2D eigenvalue weighted by molar-refractivity contribution is 5.97. The third-order valence-corrected chi connectivity index (χ3v) is 4.48. The van der Waals surface area contributed by atoms with Gasteiger partial charge in [0.15, 0.2) is 5.65 Å². The van der Waals surface area contributed by atoms with E-state index in [4.69, 9.17) is 0 Å². The molecule has 1 aromatic carbocycles. The highest BCUT2D eigenvalue weighted by Gasteiger charge is 2.13. The summed E-state index contributed by atoms with van der Waals surface area (Å²) in [4.78, 5) is 16.8. The SMILES string of the molecule is Cc1nn(C)c2ncc(C(=O)NCc3ccc4c(c3)CNC4)cc12.Cl.Cl. The van der Waals surface area contributed by atoms with Crippen LogP contribution in [0.2, 0.25) is 0 Å². The van der Waals surface area contributed by atoms with E-state index >= 15 is 0 Å². The van der Waals surface area contributed by atoms with Crippen LogP contribution in [0.3, 0.4) is 0 Å². The number of rotatable bonds is 3. The van der Waals surface area contributed by atoms with Gasteiger partial charge < -0.3 is 10.6 Å². The van der Waals surface area contributed by atoms with Crippen molar-refractivity contribution in [3.8, 4) is 0 Å². The fourth-order valence-electron chi connectivity index (χ4n) is 3.17. The van der Waals surface area contributed by atoms with Crippen LogP contribution in [0.25, 0.3) is 11.0 Å². The number of halogens is 2. The van der Waals surface area contributed by atoms with Crippen molar-refractivity contribution < 1.29 is 4.79 Å². The van der Waals surface area contributed by atoms with Crippen molar-refractivity contribution in [3.63, 3.8) is 0 Å². The second-order valence-electron chi connectivity index (χ2n) is 6.19. The molecule has 3 heterocycles. The number of pyridine rings is 1. The first-order valence-corrected chi connectivity index (χ1v) is 8.01. The number of aromatic nitrogens is 3. The molecule has 26 heavy (non-hydrogen) atoms. The third-order valence-electron chi connectivity index (χ3n) is 4.48. The highest BCUT2D eigenvalue weighted by Crippen LogP contribution is 2.18. The molecule has 0 fully saturated rings. The summed E-state index contributed by atoms with van der Waals surface area (Å²) in [5, 5.41) is 11.5. The summed E-state index contributed by atoms with van der Waals surface area (Å²) in [6, 6.07) is 8.21. The van der Waals surface area contributed by atoms with E-state index in [1.807, 2.05) is 20.0 Å². The van der Waals surface area contributed by atoms with Crippen molar-refractivity contribution in [1.82, 2.24) is 25.4 Å². The predicted molar refractivity (Wildman–Crippen MR) is 106 cm³/mol. The van der Waals surface area contributed by atoms with Crippen molar-refractivity contribution in [1.29, 1.82) is 0 Å². The number of aryl methyl sites for hydroxylation is 2. The second-order valence-corrected chi connectivity index (χ2v) is 6.19. The molecule has 8 heteroatoms. The van der Waals surface area contributed by atoms with Crippen molar-refractivity contribution in [2.45, 2.75) is 26.6 Å². The normalized spacial score (nSPS) is 12.2. The van der Waals surface area contributed by atoms with Gasteiger partial charge in [-0.15, -0.1) is 24.8 Å². The van der Waals surface area contributed by atoms with Gasteiger partial charge in [-0.2, -0.15) is 5.10 Å². The van der Waals surface area contributed by atoms with E-state index in [1.54, 1.807) is 10.9 Å². The van der Waals surface area contributed by atoms with E-state index in [9.17, 15) is 4.79 Å². The highest BCUT2D eigenvalue weighted by atomic mass is 35.5. The predicted octanol–water partition coefficient (Wildman–Crippen LogP) is 2.65. The van der Waals surface area contributed by atoms with Crippen LogP contribution in [0.1, 0.15) is 32.7 Å². The lowest BCUT2D eigenvalue weighted by Gasteiger charge is -2.07. The van der Waals surface area contributed by atoms with Gasteiger partial charge in [0.25, 0.3) is 5.91 Å². The molecule has 1 aliphatic heterocycles. The number of nitrogens with zero attached hydrogens (tertiary/aromatic N) is 3. The number of benzene rings is 1. The molecule has 0 saturated carbocycles. The number of carbonyl (C=O) groups excluding carboxylic acids is 1. The molecule has 0 atom stereocenters. The van der Waals surface area contributed by atoms with E-state index in [1.165, 1.54) is 11.1 Å². The maximum atomic E-state index is 12.4. The molecule has 0 spiro atoms. The Kier molecular flexibility index (Phi) is 6.23. The fraction of sp³-hybridized carbons (Fsp3) is 0.278. The quantitative estimate of drug-likeness (QED) is 0.717. The van der Waals surface area contributed by atoms with Crippen LogP contribution in [-0.4, -0.2) is 20.7 Å². The van der Waals surface area contributed by atoms with Crippen LogP contribution in [-0.2, 0) is 26.7 Å². The summed E-state index contributed by atoms with van der Waals surface area (Å²) in [7, 11) is 1.85. The summed E-state index contributed by atoms with van der Waals surface area (Å²) in [6.07, 6.45) is 1.60. The zero-order chi connectivity index (χ0) is 16.7. The average Bonchev–Trinajstić information content (AvgIpc) is 3.16. The molecule has 2 aromatic heterocycles. The monoisotopic (exact) mass is 393 g/mol. The standard InChI is InChI=1S/C18H19N5O.2ClH/c1-11-16-6-15(10-20-17(16)23(2)22-11)18(24)21-7-12-3-4-13-8-19-9-14(13)5-12;;/h3-6,10,19H,7-9H2,1-2H3,(H,21,24);2*1H. The zero-order valence-electron chi connectivity index (χ0n) is 14.6. The van der Waals surface area contributed by atoms with Crippen LogP contribution >= 0.6 is 24.8 Å². The molecule has 6 nitrogen and oxygen atoms in total. The van der Waals surface area contributed by atoms with E-state index in [0.29, 0.717) is 12.1 Å². The van der Waals surface area contributed by atoms with E-state index in [-0.39, 0.29) is 30.7 Å². The minimum Gasteiger partial charge on any atom is -0.348 e.